The molecule has 1 N–H and O–H groups in total. The molecule has 2 unspecified atom stereocenters. The first-order valence-electron chi connectivity index (χ1n) is 9.32. The molecule has 2 aliphatic carbocycles. The zero-order valence-electron chi connectivity index (χ0n) is 14.6. The van der Waals surface area contributed by atoms with Crippen LogP contribution < -0.4 is 5.32 Å². The molecule has 1 fully saturated rings. The van der Waals surface area contributed by atoms with Gasteiger partial charge in [0.15, 0.2) is 0 Å². The van der Waals surface area contributed by atoms with Gasteiger partial charge < -0.3 is 5.32 Å². The first-order chi connectivity index (χ1) is 12.3. The molecule has 1 saturated carbocycles. The first-order valence-corrected chi connectivity index (χ1v) is 9.32. The van der Waals surface area contributed by atoms with Crippen molar-refractivity contribution in [2.24, 2.45) is 5.92 Å². The Bertz CT molecular complexity index is 931. The Kier molecular flexibility index (Phi) is 3.30. The summed E-state index contributed by atoms with van der Waals surface area (Å²) < 4.78 is 1.81. The minimum absolute atomic E-state index is 0.407. The molecule has 25 heavy (non-hydrogen) atoms. The van der Waals surface area contributed by atoms with Crippen LogP contribution in [0.2, 0.25) is 0 Å². The summed E-state index contributed by atoms with van der Waals surface area (Å²) in [4.78, 5) is 8.76. The number of hydrogen-bond acceptors (Lipinski definition) is 4. The van der Waals surface area contributed by atoms with Crippen molar-refractivity contribution in [1.29, 1.82) is 0 Å². The zero-order chi connectivity index (χ0) is 16.9. The number of aromatic nitrogens is 4. The fraction of sp³-hybridized carbons (Fsp3) is 0.450. The average molecular weight is 333 g/mol. The monoisotopic (exact) mass is 333 g/mol. The standard InChI is InChI=1S/C20H23N5/c1-2-16-10-18(25-19(24-16)22-13-23-25)21-12-15-11-20(15)9-5-7-14-6-3-4-8-17(14)20/h3-4,6,8,10,13,15,21H,2,5,7,9,11-12H2,1H3. The molecule has 2 aliphatic rings. The van der Waals surface area contributed by atoms with Crippen molar-refractivity contribution in [3.8, 4) is 0 Å². The minimum atomic E-state index is 0.407. The molecule has 1 spiro atoms. The first kappa shape index (κ1) is 14.9. The van der Waals surface area contributed by atoms with Gasteiger partial charge in [-0.2, -0.15) is 14.6 Å². The number of fused-ring (bicyclic) bond motifs is 3. The summed E-state index contributed by atoms with van der Waals surface area (Å²) in [6, 6.07) is 11.1. The fourth-order valence-corrected chi connectivity index (χ4v) is 4.63. The molecule has 5 heteroatoms. The van der Waals surface area contributed by atoms with Crippen LogP contribution in [0.5, 0.6) is 0 Å². The lowest BCUT2D eigenvalue weighted by Crippen LogP contribution is -2.21. The van der Waals surface area contributed by atoms with Crippen LogP contribution in [0.4, 0.5) is 5.82 Å². The lowest BCUT2D eigenvalue weighted by molar-refractivity contribution is 0.503. The van der Waals surface area contributed by atoms with Crippen LogP contribution in [0.1, 0.15) is 43.0 Å². The fourth-order valence-electron chi connectivity index (χ4n) is 4.63. The molecule has 0 saturated heterocycles. The molecule has 1 aromatic carbocycles. The predicted molar refractivity (Wildman–Crippen MR) is 97.8 cm³/mol. The summed E-state index contributed by atoms with van der Waals surface area (Å²) in [7, 11) is 0. The van der Waals surface area contributed by atoms with Gasteiger partial charge in [0.2, 0.25) is 0 Å². The number of hydrogen-bond donors (Lipinski definition) is 1. The third-order valence-electron chi connectivity index (χ3n) is 6.05. The maximum absolute atomic E-state index is 4.52. The van der Waals surface area contributed by atoms with Crippen LogP contribution in [0.25, 0.3) is 5.78 Å². The van der Waals surface area contributed by atoms with Gasteiger partial charge in [-0.15, -0.1) is 0 Å². The molecule has 0 bridgehead atoms. The van der Waals surface area contributed by atoms with Crippen LogP contribution in [0.3, 0.4) is 0 Å². The van der Waals surface area contributed by atoms with Crippen molar-refractivity contribution in [2.75, 3.05) is 11.9 Å². The quantitative estimate of drug-likeness (QED) is 0.795. The van der Waals surface area contributed by atoms with Gasteiger partial charge in [-0.05, 0) is 49.1 Å². The number of aryl methyl sites for hydroxylation is 2. The second-order valence-electron chi connectivity index (χ2n) is 7.41. The predicted octanol–water partition coefficient (Wildman–Crippen LogP) is 3.39. The lowest BCUT2D eigenvalue weighted by atomic mass is 9.78. The van der Waals surface area contributed by atoms with Gasteiger partial charge in [0.1, 0.15) is 12.1 Å². The molecule has 0 amide bonds. The van der Waals surface area contributed by atoms with Crippen molar-refractivity contribution >= 4 is 11.6 Å². The van der Waals surface area contributed by atoms with Gasteiger partial charge in [0.25, 0.3) is 5.78 Å². The SMILES string of the molecule is CCc1cc(NCC2CC23CCCc2ccccc23)n2ncnc2n1. The summed E-state index contributed by atoms with van der Waals surface area (Å²) in [5, 5.41) is 7.95. The summed E-state index contributed by atoms with van der Waals surface area (Å²) in [6.07, 6.45) is 7.65. The number of anilines is 1. The summed E-state index contributed by atoms with van der Waals surface area (Å²) in [5.41, 5.74) is 4.62. The van der Waals surface area contributed by atoms with E-state index in [2.05, 4.69) is 57.6 Å². The highest BCUT2D eigenvalue weighted by Gasteiger charge is 2.55. The van der Waals surface area contributed by atoms with Crippen molar-refractivity contribution in [3.05, 3.63) is 53.5 Å². The average Bonchev–Trinajstić information content (AvgIpc) is 3.11. The Morgan fingerprint density at radius 2 is 2.24 bits per heavy atom. The Hall–Kier alpha value is -2.43. The van der Waals surface area contributed by atoms with Gasteiger partial charge in [0, 0.05) is 23.7 Å². The van der Waals surface area contributed by atoms with E-state index in [1.807, 2.05) is 4.52 Å². The van der Waals surface area contributed by atoms with E-state index in [1.165, 1.54) is 25.7 Å². The molecule has 0 radical (unpaired) electrons. The summed E-state index contributed by atoms with van der Waals surface area (Å²) in [6.45, 7) is 3.10. The topological polar surface area (TPSA) is 55.1 Å². The molecule has 128 valence electrons. The van der Waals surface area contributed by atoms with E-state index in [4.69, 9.17) is 0 Å². The summed E-state index contributed by atoms with van der Waals surface area (Å²) in [5.74, 6) is 2.38. The van der Waals surface area contributed by atoms with Crippen LogP contribution in [0.15, 0.2) is 36.7 Å². The Labute approximate surface area is 147 Å². The largest absolute Gasteiger partial charge is 0.370 e. The molecular weight excluding hydrogens is 310 g/mol. The molecule has 2 heterocycles. The highest BCUT2D eigenvalue weighted by Crippen LogP contribution is 2.60. The van der Waals surface area contributed by atoms with E-state index in [9.17, 15) is 0 Å². The number of nitrogens with zero attached hydrogens (tertiary/aromatic N) is 4. The second kappa shape index (κ2) is 5.55. The Balaban J connectivity index is 1.38. The number of benzene rings is 1. The lowest BCUT2D eigenvalue weighted by Gasteiger charge is -2.27. The number of rotatable bonds is 4. The van der Waals surface area contributed by atoms with Crippen molar-refractivity contribution in [3.63, 3.8) is 0 Å². The molecule has 2 atom stereocenters. The third-order valence-corrected chi connectivity index (χ3v) is 6.05. The molecule has 5 nitrogen and oxygen atoms in total. The molecule has 0 aliphatic heterocycles. The highest BCUT2D eigenvalue weighted by atomic mass is 15.3. The Morgan fingerprint density at radius 1 is 1.32 bits per heavy atom. The van der Waals surface area contributed by atoms with E-state index < -0.39 is 0 Å². The van der Waals surface area contributed by atoms with E-state index in [1.54, 1.807) is 17.5 Å². The zero-order valence-corrected chi connectivity index (χ0v) is 14.6. The molecular formula is C20H23N5. The van der Waals surface area contributed by atoms with E-state index in [-0.39, 0.29) is 0 Å². The van der Waals surface area contributed by atoms with Gasteiger partial charge in [-0.3, -0.25) is 0 Å². The Morgan fingerprint density at radius 3 is 3.16 bits per heavy atom. The van der Waals surface area contributed by atoms with E-state index >= 15 is 0 Å². The van der Waals surface area contributed by atoms with Crippen molar-refractivity contribution < 1.29 is 0 Å². The van der Waals surface area contributed by atoms with Gasteiger partial charge >= 0.3 is 0 Å². The third kappa shape index (κ3) is 2.33. The van der Waals surface area contributed by atoms with Gasteiger partial charge in [-0.25, -0.2) is 4.98 Å². The van der Waals surface area contributed by atoms with Crippen LogP contribution in [-0.2, 0) is 18.3 Å². The van der Waals surface area contributed by atoms with Crippen molar-refractivity contribution in [1.82, 2.24) is 19.6 Å². The van der Waals surface area contributed by atoms with Crippen LogP contribution >= 0.6 is 0 Å². The molecule has 2 aromatic heterocycles. The smallest absolute Gasteiger partial charge is 0.254 e. The maximum atomic E-state index is 4.52. The van der Waals surface area contributed by atoms with Gasteiger partial charge in [0.05, 0.1) is 0 Å². The second-order valence-corrected chi connectivity index (χ2v) is 7.41. The van der Waals surface area contributed by atoms with Crippen LogP contribution in [0, 0.1) is 5.92 Å². The van der Waals surface area contributed by atoms with Crippen LogP contribution in [-0.4, -0.2) is 26.1 Å². The van der Waals surface area contributed by atoms with Crippen molar-refractivity contribution in [2.45, 2.75) is 44.4 Å². The maximum Gasteiger partial charge on any atom is 0.254 e. The van der Waals surface area contributed by atoms with Gasteiger partial charge in [-0.1, -0.05) is 31.2 Å². The van der Waals surface area contributed by atoms with E-state index in [0.717, 1.165) is 24.5 Å². The minimum Gasteiger partial charge on any atom is -0.370 e. The van der Waals surface area contributed by atoms with E-state index in [0.29, 0.717) is 17.1 Å². The number of nitrogens with one attached hydrogen (secondary N) is 1. The molecule has 3 aromatic rings. The molecule has 5 rings (SSSR count). The summed E-state index contributed by atoms with van der Waals surface area (Å²) >= 11 is 0. The highest BCUT2D eigenvalue weighted by molar-refractivity contribution is 5.47. The normalized spacial score (nSPS) is 24.4.